The number of hydrogen-bond acceptors (Lipinski definition) is 0. The molecule has 0 aromatic heterocycles. The highest BCUT2D eigenvalue weighted by molar-refractivity contribution is 5.12. The van der Waals surface area contributed by atoms with Gasteiger partial charge in [0.2, 0.25) is 0 Å². The van der Waals surface area contributed by atoms with Gasteiger partial charge in [-0.3, -0.25) is 0 Å². The van der Waals surface area contributed by atoms with Crippen molar-refractivity contribution in [1.29, 1.82) is 0 Å². The van der Waals surface area contributed by atoms with Crippen LogP contribution in [0, 0.1) is 58.2 Å². The van der Waals surface area contributed by atoms with Gasteiger partial charge in [-0.2, -0.15) is 13.2 Å². The molecule has 0 bridgehead atoms. The summed E-state index contributed by atoms with van der Waals surface area (Å²) in [7, 11) is 0. The van der Waals surface area contributed by atoms with Crippen molar-refractivity contribution in [2.75, 3.05) is 0 Å². The van der Waals surface area contributed by atoms with E-state index in [1.807, 2.05) is 6.92 Å². The van der Waals surface area contributed by atoms with Crippen molar-refractivity contribution in [1.82, 2.24) is 0 Å². The predicted molar refractivity (Wildman–Crippen MR) is 107 cm³/mol. The van der Waals surface area contributed by atoms with Gasteiger partial charge < -0.3 is 0 Å². The van der Waals surface area contributed by atoms with Crippen molar-refractivity contribution in [3.63, 3.8) is 0 Å². The molecule has 4 aliphatic carbocycles. The Morgan fingerprint density at radius 3 is 2.32 bits per heavy atom. The van der Waals surface area contributed by atoms with Gasteiger partial charge in [-0.25, -0.2) is 0 Å². The second kappa shape index (κ2) is 7.24. The minimum Gasteiger partial charge on any atom is -0.171 e. The SMILES string of the molecule is CC#CC1CCC2(C)C(CCC3C4CCC(CCC(F)(F)F)C4(C)CCC32)C1. The molecular formula is C25H37F3. The van der Waals surface area contributed by atoms with Gasteiger partial charge in [-0.05, 0) is 112 Å². The minimum absolute atomic E-state index is 0.153. The van der Waals surface area contributed by atoms with Crippen LogP contribution in [-0.4, -0.2) is 6.18 Å². The van der Waals surface area contributed by atoms with E-state index < -0.39 is 12.6 Å². The lowest BCUT2D eigenvalue weighted by molar-refractivity contribution is -0.144. The smallest absolute Gasteiger partial charge is 0.171 e. The summed E-state index contributed by atoms with van der Waals surface area (Å²) in [6.07, 6.45) is 6.81. The normalized spacial score (nSPS) is 48.1. The first-order valence-electron chi connectivity index (χ1n) is 11.7. The van der Waals surface area contributed by atoms with Crippen molar-refractivity contribution >= 4 is 0 Å². The topological polar surface area (TPSA) is 0 Å². The van der Waals surface area contributed by atoms with E-state index in [9.17, 15) is 13.2 Å². The molecule has 28 heavy (non-hydrogen) atoms. The van der Waals surface area contributed by atoms with E-state index in [-0.39, 0.29) is 11.3 Å². The summed E-state index contributed by atoms with van der Waals surface area (Å²) >= 11 is 0. The van der Waals surface area contributed by atoms with Crippen molar-refractivity contribution in [2.45, 2.75) is 97.6 Å². The van der Waals surface area contributed by atoms with Gasteiger partial charge in [-0.1, -0.05) is 13.8 Å². The summed E-state index contributed by atoms with van der Waals surface area (Å²) in [6, 6.07) is 0. The largest absolute Gasteiger partial charge is 0.389 e. The third kappa shape index (κ3) is 3.41. The van der Waals surface area contributed by atoms with Gasteiger partial charge in [0.1, 0.15) is 0 Å². The standard InChI is InChI=1S/C25H37F3/c1-4-5-17-10-13-24(3)19(16-17)6-8-20-21-9-7-18(11-15-25(26,27)28)23(21,2)14-12-22(20)24/h17-22H,6-16H2,1-3H3. The Hall–Kier alpha value is -0.650. The van der Waals surface area contributed by atoms with Crippen LogP contribution in [0.2, 0.25) is 0 Å². The molecule has 4 fully saturated rings. The van der Waals surface area contributed by atoms with Gasteiger partial charge in [-0.15, -0.1) is 11.8 Å². The van der Waals surface area contributed by atoms with Crippen LogP contribution in [0.3, 0.4) is 0 Å². The lowest BCUT2D eigenvalue weighted by Gasteiger charge is -2.61. The molecule has 4 saturated carbocycles. The second-order valence-electron chi connectivity index (χ2n) is 11.0. The molecule has 0 amide bonds. The molecular weight excluding hydrogens is 357 g/mol. The van der Waals surface area contributed by atoms with Crippen LogP contribution >= 0.6 is 0 Å². The zero-order valence-corrected chi connectivity index (χ0v) is 17.9. The van der Waals surface area contributed by atoms with Crippen LogP contribution in [0.4, 0.5) is 13.2 Å². The molecule has 158 valence electrons. The van der Waals surface area contributed by atoms with E-state index in [1.165, 1.54) is 44.9 Å². The predicted octanol–water partition coefficient (Wildman–Crippen LogP) is 7.63. The average molecular weight is 395 g/mol. The summed E-state index contributed by atoms with van der Waals surface area (Å²) in [5, 5.41) is 0. The summed E-state index contributed by atoms with van der Waals surface area (Å²) < 4.78 is 38.5. The number of alkyl halides is 3. The molecule has 0 aliphatic heterocycles. The van der Waals surface area contributed by atoms with Gasteiger partial charge in [0.15, 0.2) is 0 Å². The highest BCUT2D eigenvalue weighted by Crippen LogP contribution is 2.68. The number of halogens is 3. The molecule has 0 nitrogen and oxygen atoms in total. The van der Waals surface area contributed by atoms with Crippen LogP contribution in [0.25, 0.3) is 0 Å². The zero-order valence-electron chi connectivity index (χ0n) is 17.9. The summed E-state index contributed by atoms with van der Waals surface area (Å²) in [5.41, 5.74) is 0.598. The van der Waals surface area contributed by atoms with Crippen molar-refractivity contribution in [2.24, 2.45) is 46.3 Å². The van der Waals surface area contributed by atoms with E-state index in [0.717, 1.165) is 30.6 Å². The van der Waals surface area contributed by atoms with Crippen molar-refractivity contribution in [3.05, 3.63) is 0 Å². The molecule has 8 atom stereocenters. The van der Waals surface area contributed by atoms with Gasteiger partial charge >= 0.3 is 6.18 Å². The van der Waals surface area contributed by atoms with Gasteiger partial charge in [0.05, 0.1) is 0 Å². The van der Waals surface area contributed by atoms with Crippen molar-refractivity contribution in [3.8, 4) is 11.8 Å². The third-order valence-electron chi connectivity index (χ3n) is 9.99. The van der Waals surface area contributed by atoms with Crippen LogP contribution in [0.5, 0.6) is 0 Å². The van der Waals surface area contributed by atoms with Crippen LogP contribution in [0.15, 0.2) is 0 Å². The Morgan fingerprint density at radius 1 is 0.893 bits per heavy atom. The fraction of sp³-hybridized carbons (Fsp3) is 0.920. The van der Waals surface area contributed by atoms with Gasteiger partial charge in [0.25, 0.3) is 0 Å². The maximum absolute atomic E-state index is 12.8. The second-order valence-corrected chi connectivity index (χ2v) is 11.0. The molecule has 0 radical (unpaired) electrons. The molecule has 0 spiro atoms. The Balaban J connectivity index is 1.49. The molecule has 4 aliphatic rings. The first-order chi connectivity index (χ1) is 13.2. The van der Waals surface area contributed by atoms with Crippen LogP contribution in [-0.2, 0) is 0 Å². The van der Waals surface area contributed by atoms with E-state index in [2.05, 4.69) is 25.7 Å². The first-order valence-corrected chi connectivity index (χ1v) is 11.7. The monoisotopic (exact) mass is 394 g/mol. The van der Waals surface area contributed by atoms with E-state index in [4.69, 9.17) is 0 Å². The van der Waals surface area contributed by atoms with E-state index in [0.29, 0.717) is 23.7 Å². The Labute approximate surface area is 169 Å². The fourth-order valence-electron chi connectivity index (χ4n) is 8.51. The lowest BCUT2D eigenvalue weighted by Crippen LogP contribution is -2.53. The van der Waals surface area contributed by atoms with E-state index in [1.54, 1.807) is 0 Å². The van der Waals surface area contributed by atoms with Crippen LogP contribution in [0.1, 0.15) is 91.4 Å². The lowest BCUT2D eigenvalue weighted by atomic mass is 9.44. The Morgan fingerprint density at radius 2 is 1.61 bits per heavy atom. The Bertz CT molecular complexity index is 640. The van der Waals surface area contributed by atoms with Crippen LogP contribution < -0.4 is 0 Å². The average Bonchev–Trinajstić information content (AvgIpc) is 2.96. The molecule has 0 saturated heterocycles. The summed E-state index contributed by atoms with van der Waals surface area (Å²) in [6.45, 7) is 6.87. The third-order valence-corrected chi connectivity index (χ3v) is 9.99. The highest BCUT2D eigenvalue weighted by atomic mass is 19.4. The zero-order chi connectivity index (χ0) is 20.2. The molecule has 3 heteroatoms. The van der Waals surface area contributed by atoms with Gasteiger partial charge in [0, 0.05) is 12.3 Å². The molecule has 0 heterocycles. The minimum atomic E-state index is -4.00. The molecule has 8 unspecified atom stereocenters. The first kappa shape index (κ1) is 20.6. The maximum Gasteiger partial charge on any atom is 0.389 e. The molecule has 4 rings (SSSR count). The number of rotatable bonds is 2. The molecule has 0 N–H and O–H groups in total. The molecule has 0 aromatic carbocycles. The molecule has 0 aromatic rings. The van der Waals surface area contributed by atoms with E-state index >= 15 is 0 Å². The summed E-state index contributed by atoms with van der Waals surface area (Å²) in [5.74, 6) is 10.5. The van der Waals surface area contributed by atoms with Crippen molar-refractivity contribution < 1.29 is 13.2 Å². The Kier molecular flexibility index (Phi) is 5.33. The highest BCUT2D eigenvalue weighted by Gasteiger charge is 2.60. The summed E-state index contributed by atoms with van der Waals surface area (Å²) in [4.78, 5) is 0. The fourth-order valence-corrected chi connectivity index (χ4v) is 8.51. The number of fused-ring (bicyclic) bond motifs is 5. The quantitative estimate of drug-likeness (QED) is 0.422. The number of hydrogen-bond donors (Lipinski definition) is 0. The maximum atomic E-state index is 12.8.